The highest BCUT2D eigenvalue weighted by molar-refractivity contribution is 7.89. The quantitative estimate of drug-likeness (QED) is 0.671. The van der Waals surface area contributed by atoms with Gasteiger partial charge in [-0.25, -0.2) is 13.4 Å². The van der Waals surface area contributed by atoms with Gasteiger partial charge in [0.1, 0.15) is 10.6 Å². The highest BCUT2D eigenvalue weighted by Crippen LogP contribution is 2.26. The lowest BCUT2D eigenvalue weighted by atomic mass is 10.2. The van der Waals surface area contributed by atoms with Gasteiger partial charge in [0.2, 0.25) is 10.0 Å². The van der Waals surface area contributed by atoms with E-state index in [1.807, 2.05) is 35.7 Å². The van der Waals surface area contributed by atoms with Crippen LogP contribution in [0, 0.1) is 0 Å². The summed E-state index contributed by atoms with van der Waals surface area (Å²) in [4.78, 5) is 17.3. The monoisotopic (exact) mass is 430 g/mol. The smallest absolute Gasteiger partial charge is 0.274 e. The molecule has 0 atom stereocenters. The largest absolute Gasteiger partial charge is 0.345 e. The molecule has 7 nitrogen and oxygen atoms in total. The van der Waals surface area contributed by atoms with Crippen LogP contribution in [0.15, 0.2) is 52.9 Å². The highest BCUT2D eigenvalue weighted by Gasteiger charge is 2.28. The second-order valence-corrected chi connectivity index (χ2v) is 9.79. The Bertz CT molecular complexity index is 1110. The first-order chi connectivity index (χ1) is 13.9. The molecule has 0 spiro atoms. The number of thiazole rings is 1. The number of sulfonamides is 1. The number of anilines is 1. The first kappa shape index (κ1) is 19.8. The van der Waals surface area contributed by atoms with Gasteiger partial charge in [0.05, 0.1) is 5.69 Å². The Labute approximate surface area is 174 Å². The fourth-order valence-electron chi connectivity index (χ4n) is 3.39. The molecule has 0 bridgehead atoms. The summed E-state index contributed by atoms with van der Waals surface area (Å²) >= 11 is 1.33. The number of carbonyl (C=O) groups excluding carboxylic acids is 1. The maximum Gasteiger partial charge on any atom is 0.274 e. The average Bonchev–Trinajstić information content (AvgIpc) is 3.36. The lowest BCUT2D eigenvalue weighted by molar-refractivity contribution is 0.101. The molecule has 1 aliphatic heterocycles. The molecular weight excluding hydrogens is 408 g/mol. The molecule has 1 aromatic carbocycles. The third-order valence-corrected chi connectivity index (χ3v) is 7.58. The Morgan fingerprint density at radius 3 is 2.59 bits per heavy atom. The van der Waals surface area contributed by atoms with Gasteiger partial charge < -0.3 is 4.57 Å². The summed E-state index contributed by atoms with van der Waals surface area (Å²) < 4.78 is 28.8. The second-order valence-electron chi connectivity index (χ2n) is 6.99. The van der Waals surface area contributed by atoms with E-state index in [1.165, 1.54) is 32.5 Å². The van der Waals surface area contributed by atoms with Crippen LogP contribution in [0.4, 0.5) is 5.13 Å². The summed E-state index contributed by atoms with van der Waals surface area (Å²) in [7, 11) is -1.91. The fraction of sp³-hybridized carbons (Fsp3) is 0.300. The van der Waals surface area contributed by atoms with Crippen LogP contribution in [-0.2, 0) is 17.1 Å². The van der Waals surface area contributed by atoms with Crippen molar-refractivity contribution in [3.63, 3.8) is 0 Å². The van der Waals surface area contributed by atoms with Gasteiger partial charge in [-0.05, 0) is 18.9 Å². The van der Waals surface area contributed by atoms with Crippen molar-refractivity contribution in [2.24, 2.45) is 7.05 Å². The Hall–Kier alpha value is -2.49. The van der Waals surface area contributed by atoms with Gasteiger partial charge in [-0.1, -0.05) is 36.8 Å². The first-order valence-electron chi connectivity index (χ1n) is 9.44. The molecule has 1 aliphatic rings. The molecule has 0 aliphatic carbocycles. The van der Waals surface area contributed by atoms with Crippen molar-refractivity contribution < 1.29 is 13.2 Å². The maximum atomic E-state index is 12.9. The van der Waals surface area contributed by atoms with Crippen molar-refractivity contribution >= 4 is 32.4 Å². The summed E-state index contributed by atoms with van der Waals surface area (Å²) in [6.07, 6.45) is 4.28. The van der Waals surface area contributed by atoms with E-state index in [0.717, 1.165) is 30.5 Å². The van der Waals surface area contributed by atoms with Gasteiger partial charge in [-0.3, -0.25) is 10.1 Å². The number of benzene rings is 1. The van der Waals surface area contributed by atoms with Crippen molar-refractivity contribution in [3.05, 3.63) is 53.7 Å². The number of rotatable bonds is 5. The summed E-state index contributed by atoms with van der Waals surface area (Å²) in [5.41, 5.74) is 2.03. The van der Waals surface area contributed by atoms with Crippen LogP contribution in [0.25, 0.3) is 11.3 Å². The number of amides is 1. The maximum absolute atomic E-state index is 12.9. The molecule has 3 heterocycles. The number of carbonyl (C=O) groups is 1. The minimum Gasteiger partial charge on any atom is -0.345 e. The van der Waals surface area contributed by atoms with E-state index in [9.17, 15) is 13.2 Å². The van der Waals surface area contributed by atoms with Crippen molar-refractivity contribution in [2.75, 3.05) is 18.4 Å². The van der Waals surface area contributed by atoms with Gasteiger partial charge in [-0.15, -0.1) is 11.3 Å². The first-order valence-corrected chi connectivity index (χ1v) is 11.8. The minimum absolute atomic E-state index is 0.149. The molecular formula is C20H22N4O3S2. The molecule has 0 radical (unpaired) electrons. The summed E-state index contributed by atoms with van der Waals surface area (Å²) in [5.74, 6) is -0.387. The van der Waals surface area contributed by atoms with E-state index in [2.05, 4.69) is 10.3 Å². The Morgan fingerprint density at radius 2 is 1.86 bits per heavy atom. The predicted molar refractivity (Wildman–Crippen MR) is 114 cm³/mol. The van der Waals surface area contributed by atoms with Crippen molar-refractivity contribution in [1.29, 1.82) is 0 Å². The van der Waals surface area contributed by atoms with Crippen LogP contribution < -0.4 is 5.32 Å². The van der Waals surface area contributed by atoms with E-state index < -0.39 is 10.0 Å². The molecule has 152 valence electrons. The number of hydrogen-bond acceptors (Lipinski definition) is 5. The summed E-state index contributed by atoms with van der Waals surface area (Å²) in [6.45, 7) is 1.06. The fourth-order valence-corrected chi connectivity index (χ4v) is 5.69. The van der Waals surface area contributed by atoms with Gasteiger partial charge in [0.15, 0.2) is 5.13 Å². The van der Waals surface area contributed by atoms with Gasteiger partial charge >= 0.3 is 0 Å². The number of piperidine rings is 1. The van der Waals surface area contributed by atoms with Crippen molar-refractivity contribution in [2.45, 2.75) is 24.2 Å². The molecule has 9 heteroatoms. The third-order valence-electron chi connectivity index (χ3n) is 4.96. The normalized spacial score (nSPS) is 15.3. The number of aryl methyl sites for hydroxylation is 1. The molecule has 1 fully saturated rings. The zero-order valence-corrected chi connectivity index (χ0v) is 17.7. The second kappa shape index (κ2) is 8.10. The van der Waals surface area contributed by atoms with Gasteiger partial charge in [0.25, 0.3) is 5.91 Å². The Kier molecular flexibility index (Phi) is 5.53. The number of aromatic nitrogens is 2. The van der Waals surface area contributed by atoms with Gasteiger partial charge in [-0.2, -0.15) is 4.31 Å². The Balaban J connectivity index is 1.52. The number of nitrogens with one attached hydrogen (secondary N) is 1. The zero-order chi connectivity index (χ0) is 20.4. The lowest BCUT2D eigenvalue weighted by Gasteiger charge is -2.25. The third kappa shape index (κ3) is 4.12. The molecule has 1 saturated heterocycles. The number of nitrogens with zero attached hydrogens (tertiary/aromatic N) is 3. The van der Waals surface area contributed by atoms with Crippen molar-refractivity contribution in [1.82, 2.24) is 13.9 Å². The predicted octanol–water partition coefficient (Wildman–Crippen LogP) is 3.58. The Morgan fingerprint density at radius 1 is 1.14 bits per heavy atom. The van der Waals surface area contributed by atoms with E-state index in [0.29, 0.717) is 18.2 Å². The molecule has 0 saturated carbocycles. The summed E-state index contributed by atoms with van der Waals surface area (Å²) in [6, 6.07) is 11.1. The standard InChI is InChI=1S/C20H22N4O3S2/c1-23-13-16(29(26,27)24-10-6-3-7-11-24)12-18(23)19(25)22-20-21-17(14-28-20)15-8-4-2-5-9-15/h2,4-5,8-9,12-14H,3,6-7,10-11H2,1H3,(H,21,22,25). The molecule has 1 N–H and O–H groups in total. The minimum atomic E-state index is -3.58. The van der Waals surface area contributed by atoms with E-state index in [1.54, 1.807) is 7.05 Å². The van der Waals surface area contributed by atoms with E-state index in [-0.39, 0.29) is 16.5 Å². The van der Waals surface area contributed by atoms with Crippen LogP contribution >= 0.6 is 11.3 Å². The molecule has 0 unspecified atom stereocenters. The molecule has 4 rings (SSSR count). The highest BCUT2D eigenvalue weighted by atomic mass is 32.2. The molecule has 3 aromatic rings. The molecule has 1 amide bonds. The van der Waals surface area contributed by atoms with Crippen LogP contribution in [0.5, 0.6) is 0 Å². The average molecular weight is 431 g/mol. The van der Waals surface area contributed by atoms with Crippen LogP contribution in [0.1, 0.15) is 29.8 Å². The van der Waals surface area contributed by atoms with E-state index in [4.69, 9.17) is 0 Å². The van der Waals surface area contributed by atoms with Crippen LogP contribution in [0.2, 0.25) is 0 Å². The molecule has 29 heavy (non-hydrogen) atoms. The topological polar surface area (TPSA) is 84.3 Å². The van der Waals surface area contributed by atoms with Gasteiger partial charge in [0, 0.05) is 37.3 Å². The van der Waals surface area contributed by atoms with Crippen molar-refractivity contribution in [3.8, 4) is 11.3 Å². The number of hydrogen-bond donors (Lipinski definition) is 1. The van der Waals surface area contributed by atoms with Crippen LogP contribution in [-0.4, -0.2) is 41.3 Å². The molecule has 2 aromatic heterocycles. The van der Waals surface area contributed by atoms with E-state index >= 15 is 0 Å². The van der Waals surface area contributed by atoms with Crippen LogP contribution in [0.3, 0.4) is 0 Å². The summed E-state index contributed by atoms with van der Waals surface area (Å²) in [5, 5.41) is 5.12. The lowest BCUT2D eigenvalue weighted by Crippen LogP contribution is -2.35. The zero-order valence-electron chi connectivity index (χ0n) is 16.0. The SMILES string of the molecule is Cn1cc(S(=O)(=O)N2CCCCC2)cc1C(=O)Nc1nc(-c2ccccc2)cs1.